The molecule has 0 aromatic heterocycles. The molecule has 1 rings (SSSR count). The standard InChI is InChI=1S/C7H6Cl.ClH.Zn/c1-6-4-2-3-5-7(6)8;;/h2-5H,1H2;1H;. The molecule has 0 bridgehead atoms. The van der Waals surface area contributed by atoms with Crippen LogP contribution in [0.25, 0.3) is 0 Å². The van der Waals surface area contributed by atoms with Crippen molar-refractivity contribution in [3.8, 4) is 0 Å². The zero-order valence-electron chi connectivity index (χ0n) is 5.51. The van der Waals surface area contributed by atoms with Crippen molar-refractivity contribution >= 4 is 24.0 Å². The fourth-order valence-corrected chi connectivity index (χ4v) is 2.18. The number of halogens is 2. The van der Waals surface area contributed by atoms with Crippen molar-refractivity contribution in [3.05, 3.63) is 34.9 Å². The van der Waals surface area contributed by atoms with Gasteiger partial charge >= 0.3 is 69.8 Å². The van der Waals surface area contributed by atoms with Crippen LogP contribution in [0, 0.1) is 0 Å². The van der Waals surface area contributed by atoms with Crippen molar-refractivity contribution in [1.29, 1.82) is 0 Å². The van der Waals surface area contributed by atoms with E-state index >= 15 is 0 Å². The van der Waals surface area contributed by atoms with Gasteiger partial charge in [-0.2, -0.15) is 0 Å². The minimum absolute atomic E-state index is 0. The van der Waals surface area contributed by atoms with Crippen molar-refractivity contribution in [2.75, 3.05) is 0 Å². The molecule has 0 atom stereocenters. The molecule has 0 saturated carbocycles. The van der Waals surface area contributed by atoms with Crippen LogP contribution in [0.4, 0.5) is 0 Å². The molecule has 3 heteroatoms. The summed E-state index contributed by atoms with van der Waals surface area (Å²) in [5.41, 5.74) is 1.28. The molecule has 0 amide bonds. The molecule has 1 aromatic rings. The van der Waals surface area contributed by atoms with Gasteiger partial charge in [-0.1, -0.05) is 0 Å². The van der Waals surface area contributed by atoms with E-state index in [2.05, 4.69) is 6.07 Å². The molecule has 51 valence electrons. The van der Waals surface area contributed by atoms with E-state index in [0.717, 1.165) is 10.0 Å². The van der Waals surface area contributed by atoms with Gasteiger partial charge < -0.3 is 0 Å². The van der Waals surface area contributed by atoms with E-state index in [0.29, 0.717) is 0 Å². The summed E-state index contributed by atoms with van der Waals surface area (Å²) in [7, 11) is 0. The Bertz CT molecular complexity index is 201. The summed E-state index contributed by atoms with van der Waals surface area (Å²) < 4.78 is 0. The van der Waals surface area contributed by atoms with Crippen molar-refractivity contribution < 1.29 is 18.3 Å². The average Bonchev–Trinajstić information content (AvgIpc) is 1.89. The second-order valence-electron chi connectivity index (χ2n) is 1.84. The average molecular weight is 227 g/mol. The Morgan fingerprint density at radius 2 is 1.90 bits per heavy atom. The topological polar surface area (TPSA) is 0 Å². The molecule has 0 saturated heterocycles. The van der Waals surface area contributed by atoms with E-state index in [1.165, 1.54) is 23.9 Å². The third-order valence-corrected chi connectivity index (χ3v) is 2.73. The monoisotopic (exact) mass is 225 g/mol. The molecule has 0 heterocycles. The van der Waals surface area contributed by atoms with Crippen LogP contribution in [-0.4, -0.2) is 0 Å². The summed E-state index contributed by atoms with van der Waals surface area (Å²) in [5.74, 6) is 0. The first kappa shape index (κ1) is 10.4. The van der Waals surface area contributed by atoms with Gasteiger partial charge in [-0.15, -0.1) is 12.4 Å². The third kappa shape index (κ3) is 2.58. The Hall–Kier alpha value is 0.423. The predicted octanol–water partition coefficient (Wildman–Crippen LogP) is 2.81. The second-order valence-corrected chi connectivity index (χ2v) is 3.30. The van der Waals surface area contributed by atoms with Gasteiger partial charge in [0.25, 0.3) is 0 Å². The summed E-state index contributed by atoms with van der Waals surface area (Å²) in [6.07, 6.45) is 0. The number of benzene rings is 1. The van der Waals surface area contributed by atoms with Gasteiger partial charge in [0.15, 0.2) is 0 Å². The number of hydrogen-bond acceptors (Lipinski definition) is 0. The van der Waals surface area contributed by atoms with E-state index in [4.69, 9.17) is 11.6 Å². The summed E-state index contributed by atoms with van der Waals surface area (Å²) in [6, 6.07) is 8.00. The van der Waals surface area contributed by atoms with Gasteiger partial charge in [-0.3, -0.25) is 0 Å². The van der Waals surface area contributed by atoms with Gasteiger partial charge in [0.05, 0.1) is 0 Å². The van der Waals surface area contributed by atoms with Crippen LogP contribution in [0.15, 0.2) is 24.3 Å². The molecular weight excluding hydrogens is 220 g/mol. The predicted molar refractivity (Wildman–Crippen MR) is 42.4 cm³/mol. The normalized spacial score (nSPS) is 8.70. The molecule has 0 unspecified atom stereocenters. The summed E-state index contributed by atoms with van der Waals surface area (Å²) in [4.78, 5) is 0. The summed E-state index contributed by atoms with van der Waals surface area (Å²) in [5, 5.41) is 2.04. The molecule has 0 N–H and O–H groups in total. The zero-order valence-corrected chi connectivity index (χ0v) is 10.0. The van der Waals surface area contributed by atoms with Crippen LogP contribution < -0.4 is 0 Å². The van der Waals surface area contributed by atoms with Crippen LogP contribution in [0.2, 0.25) is 5.02 Å². The first-order valence-corrected chi connectivity index (χ1v) is 5.35. The molecule has 0 fully saturated rings. The maximum atomic E-state index is 5.84. The Kier molecular flexibility index (Phi) is 5.34. The van der Waals surface area contributed by atoms with Crippen molar-refractivity contribution in [2.24, 2.45) is 0 Å². The van der Waals surface area contributed by atoms with Crippen molar-refractivity contribution in [1.82, 2.24) is 0 Å². The Labute approximate surface area is 82.1 Å². The van der Waals surface area contributed by atoms with Crippen LogP contribution in [-0.2, 0) is 23.3 Å². The van der Waals surface area contributed by atoms with Crippen LogP contribution in [0.3, 0.4) is 0 Å². The fraction of sp³-hybridized carbons (Fsp3) is 0.143. The number of hydrogen-bond donors (Lipinski definition) is 0. The van der Waals surface area contributed by atoms with Gasteiger partial charge in [-0.05, 0) is 0 Å². The molecule has 0 aliphatic carbocycles. The molecule has 0 nitrogen and oxygen atoms in total. The first-order chi connectivity index (χ1) is 4.34. The minimum atomic E-state index is 0. The van der Waals surface area contributed by atoms with Crippen molar-refractivity contribution in [2.45, 2.75) is 5.02 Å². The van der Waals surface area contributed by atoms with Gasteiger partial charge in [0, 0.05) is 0 Å². The van der Waals surface area contributed by atoms with E-state index in [-0.39, 0.29) is 12.4 Å². The Balaban J connectivity index is 0.000000810. The zero-order chi connectivity index (χ0) is 6.69. The Morgan fingerprint density at radius 3 is 2.30 bits per heavy atom. The molecule has 0 spiro atoms. The molecule has 0 radical (unpaired) electrons. The van der Waals surface area contributed by atoms with E-state index in [1.54, 1.807) is 0 Å². The molecule has 0 aliphatic heterocycles. The summed E-state index contributed by atoms with van der Waals surface area (Å²) in [6.45, 7) is 0. The van der Waals surface area contributed by atoms with Gasteiger partial charge in [-0.25, -0.2) is 0 Å². The van der Waals surface area contributed by atoms with Crippen LogP contribution in [0.5, 0.6) is 0 Å². The van der Waals surface area contributed by atoms with E-state index in [9.17, 15) is 0 Å². The van der Waals surface area contributed by atoms with Gasteiger partial charge in [0.1, 0.15) is 0 Å². The van der Waals surface area contributed by atoms with Crippen LogP contribution in [0.1, 0.15) is 5.56 Å². The fourth-order valence-electron chi connectivity index (χ4n) is 0.701. The van der Waals surface area contributed by atoms with Crippen LogP contribution >= 0.6 is 24.0 Å². The van der Waals surface area contributed by atoms with E-state index in [1.807, 2.05) is 18.2 Å². The molecular formula is C7H7Cl2Zn. The first-order valence-electron chi connectivity index (χ1n) is 2.87. The molecule has 0 aliphatic rings. The third-order valence-electron chi connectivity index (χ3n) is 1.23. The van der Waals surface area contributed by atoms with Gasteiger partial charge in [0.2, 0.25) is 0 Å². The van der Waals surface area contributed by atoms with Crippen molar-refractivity contribution in [3.63, 3.8) is 0 Å². The maximum absolute atomic E-state index is 5.84. The second kappa shape index (κ2) is 5.12. The van der Waals surface area contributed by atoms with E-state index < -0.39 is 0 Å². The molecule has 10 heavy (non-hydrogen) atoms. The quantitative estimate of drug-likeness (QED) is 0.647. The SMILES string of the molecule is Cl.Clc1ccccc1[CH2][Zn]. The molecule has 1 aromatic carbocycles. The summed E-state index contributed by atoms with van der Waals surface area (Å²) >= 11 is 7.13. The Morgan fingerprint density at radius 1 is 1.30 bits per heavy atom. The number of rotatable bonds is 1.